The SMILES string of the molecule is Cc1c(CN2CC3CN(C(=O)OC(C(F)(F)F)C(F)(F)F)CC3C2)cccc1N1C2CCC1COC2. The third-order valence-electron chi connectivity index (χ3n) is 7.96. The molecule has 0 spiro atoms. The highest BCUT2D eigenvalue weighted by Gasteiger charge is 2.60. The monoisotopic (exact) mass is 521 g/mol. The van der Waals surface area contributed by atoms with Gasteiger partial charge in [0.05, 0.1) is 25.3 Å². The van der Waals surface area contributed by atoms with Gasteiger partial charge in [0, 0.05) is 38.4 Å². The Morgan fingerprint density at radius 1 is 1.00 bits per heavy atom. The maximum atomic E-state index is 12.7. The molecule has 12 heteroatoms. The van der Waals surface area contributed by atoms with E-state index >= 15 is 0 Å². The Morgan fingerprint density at radius 3 is 2.14 bits per heavy atom. The second kappa shape index (κ2) is 9.27. The fraction of sp³-hybridized carbons (Fsp3) is 0.708. The number of hydrogen-bond acceptors (Lipinski definition) is 5. The van der Waals surface area contributed by atoms with Gasteiger partial charge in [-0.25, -0.2) is 4.79 Å². The zero-order valence-electron chi connectivity index (χ0n) is 19.8. The fourth-order valence-corrected chi connectivity index (χ4v) is 6.25. The third kappa shape index (κ3) is 4.85. The molecular weight excluding hydrogens is 492 g/mol. The molecule has 2 bridgehead atoms. The molecule has 1 amide bonds. The van der Waals surface area contributed by atoms with Crippen molar-refractivity contribution in [2.75, 3.05) is 44.3 Å². The van der Waals surface area contributed by atoms with Crippen molar-refractivity contribution in [1.82, 2.24) is 9.80 Å². The lowest BCUT2D eigenvalue weighted by atomic mass is 10.0. The smallest absolute Gasteiger partial charge is 0.426 e. The van der Waals surface area contributed by atoms with Crippen LogP contribution in [0.15, 0.2) is 18.2 Å². The maximum absolute atomic E-state index is 12.7. The van der Waals surface area contributed by atoms with Crippen molar-refractivity contribution in [3.8, 4) is 0 Å². The number of carbonyl (C=O) groups is 1. The molecule has 1 aromatic carbocycles. The molecule has 6 nitrogen and oxygen atoms in total. The van der Waals surface area contributed by atoms with E-state index in [2.05, 4.69) is 39.7 Å². The highest BCUT2D eigenvalue weighted by atomic mass is 19.4. The lowest BCUT2D eigenvalue weighted by Crippen LogP contribution is -2.48. The molecule has 0 radical (unpaired) electrons. The first-order valence-electron chi connectivity index (χ1n) is 12.2. The van der Waals surface area contributed by atoms with Crippen LogP contribution in [0.25, 0.3) is 0 Å². The number of rotatable bonds is 4. The molecule has 4 fully saturated rings. The second-order valence-corrected chi connectivity index (χ2v) is 10.4. The molecule has 4 saturated heterocycles. The van der Waals surface area contributed by atoms with E-state index in [-0.39, 0.29) is 24.9 Å². The van der Waals surface area contributed by atoms with Gasteiger partial charge in [-0.2, -0.15) is 26.3 Å². The van der Waals surface area contributed by atoms with E-state index < -0.39 is 24.5 Å². The fourth-order valence-electron chi connectivity index (χ4n) is 6.25. The van der Waals surface area contributed by atoms with Crippen LogP contribution in [0.3, 0.4) is 0 Å². The van der Waals surface area contributed by atoms with Gasteiger partial charge < -0.3 is 19.3 Å². The van der Waals surface area contributed by atoms with Gasteiger partial charge in [0.15, 0.2) is 0 Å². The quantitative estimate of drug-likeness (QED) is 0.552. The van der Waals surface area contributed by atoms with Crippen LogP contribution in [-0.4, -0.2) is 85.8 Å². The number of benzene rings is 1. The lowest BCUT2D eigenvalue weighted by Gasteiger charge is -2.38. The Balaban J connectivity index is 1.19. The number of anilines is 1. The van der Waals surface area contributed by atoms with Crippen LogP contribution in [0.2, 0.25) is 0 Å². The number of ether oxygens (including phenoxy) is 2. The summed E-state index contributed by atoms with van der Waals surface area (Å²) in [6.45, 7) is 5.68. The number of morpholine rings is 1. The van der Waals surface area contributed by atoms with Crippen LogP contribution in [-0.2, 0) is 16.0 Å². The zero-order chi connectivity index (χ0) is 25.8. The van der Waals surface area contributed by atoms with E-state index in [0.29, 0.717) is 31.7 Å². The molecule has 4 heterocycles. The van der Waals surface area contributed by atoms with Gasteiger partial charge in [0.2, 0.25) is 0 Å². The average Bonchev–Trinajstić information content (AvgIpc) is 3.41. The number of likely N-dealkylation sites (tertiary alicyclic amines) is 2. The molecule has 4 aliphatic heterocycles. The van der Waals surface area contributed by atoms with Crippen molar-refractivity contribution in [2.24, 2.45) is 11.8 Å². The van der Waals surface area contributed by atoms with E-state index in [1.807, 2.05) is 0 Å². The Hall–Kier alpha value is -2.21. The Kier molecular flexibility index (Phi) is 6.55. The van der Waals surface area contributed by atoms with Crippen molar-refractivity contribution in [2.45, 2.75) is 56.9 Å². The number of halogens is 6. The second-order valence-electron chi connectivity index (χ2n) is 10.4. The number of carbonyl (C=O) groups excluding carboxylic acids is 1. The van der Waals surface area contributed by atoms with Crippen LogP contribution in [0.1, 0.15) is 24.0 Å². The van der Waals surface area contributed by atoms with Crippen molar-refractivity contribution in [3.63, 3.8) is 0 Å². The first kappa shape index (κ1) is 25.4. The summed E-state index contributed by atoms with van der Waals surface area (Å²) in [6.07, 6.45) is -14.9. The molecule has 1 aromatic rings. The predicted molar refractivity (Wildman–Crippen MR) is 117 cm³/mol. The summed E-state index contributed by atoms with van der Waals surface area (Å²) in [5.74, 6) is -0.0438. The van der Waals surface area contributed by atoms with Gasteiger partial charge >= 0.3 is 18.4 Å². The van der Waals surface area contributed by atoms with Crippen LogP contribution < -0.4 is 4.90 Å². The van der Waals surface area contributed by atoms with Gasteiger partial charge in [0.1, 0.15) is 0 Å². The van der Waals surface area contributed by atoms with E-state index in [1.165, 1.54) is 16.8 Å². The predicted octanol–water partition coefficient (Wildman–Crippen LogP) is 4.36. The summed E-state index contributed by atoms with van der Waals surface area (Å²) in [7, 11) is 0. The Labute approximate surface area is 205 Å². The third-order valence-corrected chi connectivity index (χ3v) is 7.96. The van der Waals surface area contributed by atoms with Crippen LogP contribution in [0, 0.1) is 18.8 Å². The molecule has 0 aliphatic carbocycles. The van der Waals surface area contributed by atoms with Gasteiger partial charge in [-0.15, -0.1) is 0 Å². The zero-order valence-corrected chi connectivity index (χ0v) is 19.8. The van der Waals surface area contributed by atoms with Crippen LogP contribution in [0.4, 0.5) is 36.8 Å². The van der Waals surface area contributed by atoms with Crippen LogP contribution >= 0.6 is 0 Å². The standard InChI is InChI=1S/C24H29F6N3O3/c1-14-15(3-2-4-20(14)33-18-5-6-19(33)13-35-12-18)7-31-8-16-10-32(11-17(16)9-31)22(34)36-21(23(25,26)27)24(28,29)30/h2-4,16-19,21H,5-13H2,1H3. The molecule has 0 saturated carbocycles. The highest BCUT2D eigenvalue weighted by Crippen LogP contribution is 2.39. The summed E-state index contributed by atoms with van der Waals surface area (Å²) in [6, 6.07) is 7.08. The largest absolute Gasteiger partial charge is 0.434 e. The Morgan fingerprint density at radius 2 is 1.58 bits per heavy atom. The molecule has 0 N–H and O–H groups in total. The molecule has 0 aromatic heterocycles. The van der Waals surface area contributed by atoms with Crippen molar-refractivity contribution in [1.29, 1.82) is 0 Å². The maximum Gasteiger partial charge on any atom is 0.434 e. The number of amides is 1. The topological polar surface area (TPSA) is 45.2 Å². The number of fused-ring (bicyclic) bond motifs is 3. The van der Waals surface area contributed by atoms with E-state index in [1.54, 1.807) is 0 Å². The highest BCUT2D eigenvalue weighted by molar-refractivity contribution is 5.68. The molecular formula is C24H29F6N3O3. The minimum absolute atomic E-state index is 0.0219. The van der Waals surface area contributed by atoms with Crippen molar-refractivity contribution < 1.29 is 40.6 Å². The molecule has 200 valence electrons. The molecule has 5 rings (SSSR count). The summed E-state index contributed by atoms with van der Waals surface area (Å²) in [4.78, 5) is 17.8. The normalized spacial score (nSPS) is 28.8. The molecule has 36 heavy (non-hydrogen) atoms. The van der Waals surface area contributed by atoms with Gasteiger partial charge in [-0.1, -0.05) is 12.1 Å². The first-order valence-corrected chi connectivity index (χ1v) is 12.2. The summed E-state index contributed by atoms with van der Waals surface area (Å²) in [5.41, 5.74) is 3.62. The van der Waals surface area contributed by atoms with E-state index in [0.717, 1.165) is 31.0 Å². The average molecular weight is 522 g/mol. The number of nitrogens with zero attached hydrogens (tertiary/aromatic N) is 3. The van der Waals surface area contributed by atoms with Gasteiger partial charge in [-0.3, -0.25) is 4.90 Å². The summed E-state index contributed by atoms with van der Waals surface area (Å²) >= 11 is 0. The molecule has 4 unspecified atom stereocenters. The number of hydrogen-bond donors (Lipinski definition) is 0. The van der Waals surface area contributed by atoms with Crippen LogP contribution in [0.5, 0.6) is 0 Å². The van der Waals surface area contributed by atoms with E-state index in [9.17, 15) is 31.1 Å². The van der Waals surface area contributed by atoms with Crippen molar-refractivity contribution >= 4 is 11.8 Å². The molecule has 4 atom stereocenters. The van der Waals surface area contributed by atoms with Gasteiger partial charge in [0.25, 0.3) is 6.10 Å². The minimum Gasteiger partial charge on any atom is -0.426 e. The minimum atomic E-state index is -5.71. The number of alkyl halides is 6. The van der Waals surface area contributed by atoms with Crippen molar-refractivity contribution in [3.05, 3.63) is 29.3 Å². The Bertz CT molecular complexity index is 943. The lowest BCUT2D eigenvalue weighted by molar-refractivity contribution is -0.308. The summed E-state index contributed by atoms with van der Waals surface area (Å²) < 4.78 is 86.1. The van der Waals surface area contributed by atoms with E-state index in [4.69, 9.17) is 4.74 Å². The first-order chi connectivity index (χ1) is 16.9. The summed E-state index contributed by atoms with van der Waals surface area (Å²) in [5, 5.41) is 0. The molecule has 4 aliphatic rings. The van der Waals surface area contributed by atoms with Gasteiger partial charge in [-0.05, 0) is 48.8 Å².